The molecule has 0 radical (unpaired) electrons. The van der Waals surface area contributed by atoms with Gasteiger partial charge in [0.15, 0.2) is 0 Å². The zero-order chi connectivity index (χ0) is 11.4. The quantitative estimate of drug-likeness (QED) is 0.768. The van der Waals surface area contributed by atoms with E-state index in [0.717, 1.165) is 24.1 Å². The molecule has 1 unspecified atom stereocenters. The van der Waals surface area contributed by atoms with Crippen LogP contribution in [-0.4, -0.2) is 27.8 Å². The van der Waals surface area contributed by atoms with Gasteiger partial charge in [-0.1, -0.05) is 6.92 Å². The van der Waals surface area contributed by atoms with Gasteiger partial charge >= 0.3 is 0 Å². The molecule has 0 spiro atoms. The van der Waals surface area contributed by atoms with E-state index in [0.29, 0.717) is 6.61 Å². The number of rotatable bonds is 5. The number of nitrogens with zero attached hydrogens (tertiary/aromatic N) is 3. The minimum atomic E-state index is -0.145. The van der Waals surface area contributed by atoms with E-state index in [9.17, 15) is 0 Å². The van der Waals surface area contributed by atoms with Gasteiger partial charge in [0.25, 0.3) is 0 Å². The minimum Gasteiger partial charge on any atom is -0.379 e. The van der Waals surface area contributed by atoms with Gasteiger partial charge in [0.1, 0.15) is 0 Å². The van der Waals surface area contributed by atoms with Crippen LogP contribution in [0, 0.1) is 0 Å². The second-order valence-corrected chi connectivity index (χ2v) is 3.69. The van der Waals surface area contributed by atoms with Crippen LogP contribution in [0.4, 0.5) is 0 Å². The van der Waals surface area contributed by atoms with Crippen molar-refractivity contribution >= 4 is 5.52 Å². The summed E-state index contributed by atoms with van der Waals surface area (Å²) >= 11 is 0. The maximum absolute atomic E-state index is 6.04. The van der Waals surface area contributed by atoms with Crippen molar-refractivity contribution < 1.29 is 4.74 Å². The molecule has 0 saturated carbocycles. The van der Waals surface area contributed by atoms with Crippen LogP contribution >= 0.6 is 0 Å². The second-order valence-electron chi connectivity index (χ2n) is 3.69. The summed E-state index contributed by atoms with van der Waals surface area (Å²) in [6, 6.07) is -0.145. The third-order valence-electron chi connectivity index (χ3n) is 2.40. The standard InChI is InChI=1S/C11H16N4O/c1-2-5-16-8-10(12)9-6-14-15-4-3-13-7-11(9)15/h3-4,6-7,10H,2,5,8,12H2,1H3. The predicted molar refractivity (Wildman–Crippen MR) is 61.0 cm³/mol. The van der Waals surface area contributed by atoms with E-state index in [1.165, 1.54) is 0 Å². The summed E-state index contributed by atoms with van der Waals surface area (Å²) in [5.41, 5.74) is 7.96. The van der Waals surface area contributed by atoms with E-state index >= 15 is 0 Å². The summed E-state index contributed by atoms with van der Waals surface area (Å²) in [5.74, 6) is 0. The summed E-state index contributed by atoms with van der Waals surface area (Å²) < 4.78 is 7.20. The summed E-state index contributed by atoms with van der Waals surface area (Å²) in [6.07, 6.45) is 8.05. The molecule has 1 atom stereocenters. The lowest BCUT2D eigenvalue weighted by Gasteiger charge is -2.10. The summed E-state index contributed by atoms with van der Waals surface area (Å²) in [4.78, 5) is 4.07. The van der Waals surface area contributed by atoms with Crippen LogP contribution in [0.15, 0.2) is 24.8 Å². The Morgan fingerprint density at radius 3 is 3.19 bits per heavy atom. The smallest absolute Gasteiger partial charge is 0.0893 e. The molecule has 0 amide bonds. The highest BCUT2D eigenvalue weighted by Crippen LogP contribution is 2.16. The third kappa shape index (κ3) is 2.20. The first-order chi connectivity index (χ1) is 7.83. The van der Waals surface area contributed by atoms with Gasteiger partial charge in [0, 0.05) is 24.6 Å². The van der Waals surface area contributed by atoms with Crippen LogP contribution in [0.5, 0.6) is 0 Å². The van der Waals surface area contributed by atoms with Gasteiger partial charge in [-0.05, 0) is 6.42 Å². The van der Waals surface area contributed by atoms with Gasteiger partial charge in [-0.25, -0.2) is 4.52 Å². The highest BCUT2D eigenvalue weighted by Gasteiger charge is 2.12. The highest BCUT2D eigenvalue weighted by atomic mass is 16.5. The van der Waals surface area contributed by atoms with Crippen molar-refractivity contribution in [2.45, 2.75) is 19.4 Å². The molecule has 0 fully saturated rings. The molecular formula is C11H16N4O. The highest BCUT2D eigenvalue weighted by molar-refractivity contribution is 5.53. The van der Waals surface area contributed by atoms with Crippen molar-refractivity contribution in [1.29, 1.82) is 0 Å². The summed E-state index contributed by atoms with van der Waals surface area (Å²) in [5, 5.41) is 4.21. The van der Waals surface area contributed by atoms with Gasteiger partial charge in [-0.3, -0.25) is 4.98 Å². The first kappa shape index (κ1) is 11.0. The minimum absolute atomic E-state index is 0.145. The molecule has 0 aliphatic carbocycles. The largest absolute Gasteiger partial charge is 0.379 e. The Hall–Kier alpha value is -1.46. The van der Waals surface area contributed by atoms with Crippen LogP contribution in [-0.2, 0) is 4.74 Å². The van der Waals surface area contributed by atoms with Crippen LogP contribution in [0.25, 0.3) is 5.52 Å². The Bertz CT molecular complexity index is 454. The number of ether oxygens (including phenoxy) is 1. The molecule has 2 N–H and O–H groups in total. The monoisotopic (exact) mass is 220 g/mol. The molecule has 16 heavy (non-hydrogen) atoms. The zero-order valence-electron chi connectivity index (χ0n) is 9.34. The summed E-state index contributed by atoms with van der Waals surface area (Å²) in [7, 11) is 0. The molecule has 0 aliphatic heterocycles. The molecule has 2 aromatic rings. The van der Waals surface area contributed by atoms with Crippen LogP contribution in [0.1, 0.15) is 24.9 Å². The average Bonchev–Trinajstić information content (AvgIpc) is 2.73. The van der Waals surface area contributed by atoms with Crippen LogP contribution in [0.2, 0.25) is 0 Å². The molecule has 2 rings (SSSR count). The normalized spacial score (nSPS) is 13.1. The van der Waals surface area contributed by atoms with E-state index in [1.54, 1.807) is 29.3 Å². The summed E-state index contributed by atoms with van der Waals surface area (Å²) in [6.45, 7) is 3.33. The Labute approximate surface area is 94.2 Å². The molecule has 0 bridgehead atoms. The molecule has 2 aromatic heterocycles. The van der Waals surface area contributed by atoms with Crippen molar-refractivity contribution in [3.8, 4) is 0 Å². The fourth-order valence-electron chi connectivity index (χ4n) is 1.58. The number of hydrogen-bond acceptors (Lipinski definition) is 4. The Balaban J connectivity index is 2.13. The fourth-order valence-corrected chi connectivity index (χ4v) is 1.58. The number of nitrogens with two attached hydrogens (primary N) is 1. The van der Waals surface area contributed by atoms with Crippen LogP contribution in [0.3, 0.4) is 0 Å². The molecule has 0 aromatic carbocycles. The Morgan fingerprint density at radius 2 is 2.38 bits per heavy atom. The topological polar surface area (TPSA) is 65.4 Å². The number of aromatic nitrogens is 3. The predicted octanol–water partition coefficient (Wildman–Crippen LogP) is 1.16. The fraction of sp³-hybridized carbons (Fsp3) is 0.455. The lowest BCUT2D eigenvalue weighted by atomic mass is 10.1. The van der Waals surface area contributed by atoms with Crippen molar-refractivity contribution in [3.63, 3.8) is 0 Å². The molecule has 5 heteroatoms. The lowest BCUT2D eigenvalue weighted by molar-refractivity contribution is 0.122. The van der Waals surface area contributed by atoms with Crippen molar-refractivity contribution in [3.05, 3.63) is 30.4 Å². The van der Waals surface area contributed by atoms with E-state index in [2.05, 4.69) is 17.0 Å². The zero-order valence-corrected chi connectivity index (χ0v) is 9.34. The Morgan fingerprint density at radius 1 is 1.50 bits per heavy atom. The molecule has 86 valence electrons. The first-order valence-electron chi connectivity index (χ1n) is 5.43. The maximum Gasteiger partial charge on any atom is 0.0893 e. The maximum atomic E-state index is 6.04. The van der Waals surface area contributed by atoms with Gasteiger partial charge < -0.3 is 10.5 Å². The SMILES string of the molecule is CCCOCC(N)c1cnn2ccncc12. The van der Waals surface area contributed by atoms with Crippen molar-refractivity contribution in [2.75, 3.05) is 13.2 Å². The van der Waals surface area contributed by atoms with E-state index in [1.807, 2.05) is 0 Å². The van der Waals surface area contributed by atoms with E-state index in [-0.39, 0.29) is 6.04 Å². The van der Waals surface area contributed by atoms with Gasteiger partial charge in [-0.15, -0.1) is 0 Å². The first-order valence-corrected chi connectivity index (χ1v) is 5.43. The molecule has 0 aliphatic rings. The molecular weight excluding hydrogens is 204 g/mol. The van der Waals surface area contributed by atoms with Crippen molar-refractivity contribution in [2.24, 2.45) is 5.73 Å². The van der Waals surface area contributed by atoms with Gasteiger partial charge in [0.2, 0.25) is 0 Å². The second kappa shape index (κ2) is 5.05. The number of hydrogen-bond donors (Lipinski definition) is 1. The third-order valence-corrected chi connectivity index (χ3v) is 2.40. The van der Waals surface area contributed by atoms with Gasteiger partial charge in [-0.2, -0.15) is 5.10 Å². The van der Waals surface area contributed by atoms with E-state index in [4.69, 9.17) is 10.5 Å². The average molecular weight is 220 g/mol. The Kier molecular flexibility index (Phi) is 3.48. The van der Waals surface area contributed by atoms with Gasteiger partial charge in [0.05, 0.1) is 30.6 Å². The molecule has 5 nitrogen and oxygen atoms in total. The number of fused-ring (bicyclic) bond motifs is 1. The van der Waals surface area contributed by atoms with Crippen LogP contribution < -0.4 is 5.73 Å². The molecule has 2 heterocycles. The lowest BCUT2D eigenvalue weighted by Crippen LogP contribution is -2.17. The molecule has 0 saturated heterocycles. The van der Waals surface area contributed by atoms with Crippen molar-refractivity contribution in [1.82, 2.24) is 14.6 Å². The van der Waals surface area contributed by atoms with E-state index < -0.39 is 0 Å².